The second-order valence-electron chi connectivity index (χ2n) is 6.04. The Balaban J connectivity index is 2.14. The molecule has 1 aliphatic rings. The fourth-order valence-corrected chi connectivity index (χ4v) is 2.34. The lowest BCUT2D eigenvalue weighted by Gasteiger charge is -2.29. The topological polar surface area (TPSA) is 24.5 Å². The van der Waals surface area contributed by atoms with Gasteiger partial charge in [-0.25, -0.2) is 0 Å². The molecular weight excluding hydrogens is 224 g/mol. The first-order valence-corrected chi connectivity index (χ1v) is 7.58. The molecule has 1 atom stereocenters. The minimum Gasteiger partial charge on any atom is -0.383 e. The lowest BCUT2D eigenvalue weighted by Crippen LogP contribution is -2.41. The molecule has 18 heavy (non-hydrogen) atoms. The lowest BCUT2D eigenvalue weighted by atomic mass is 10.1. The number of rotatable bonds is 11. The molecule has 0 amide bonds. The van der Waals surface area contributed by atoms with Crippen LogP contribution in [0.25, 0.3) is 0 Å². The molecule has 1 aliphatic carbocycles. The van der Waals surface area contributed by atoms with E-state index in [1.165, 1.54) is 19.3 Å². The third kappa shape index (κ3) is 6.72. The van der Waals surface area contributed by atoms with Crippen molar-refractivity contribution in [3.63, 3.8) is 0 Å². The first-order valence-electron chi connectivity index (χ1n) is 7.58. The molecule has 3 heteroatoms. The van der Waals surface area contributed by atoms with Gasteiger partial charge in [0.15, 0.2) is 0 Å². The Morgan fingerprint density at radius 3 is 2.44 bits per heavy atom. The van der Waals surface area contributed by atoms with Crippen molar-refractivity contribution in [2.45, 2.75) is 46.1 Å². The van der Waals surface area contributed by atoms with E-state index in [2.05, 4.69) is 31.0 Å². The summed E-state index contributed by atoms with van der Waals surface area (Å²) in [4.78, 5) is 2.59. The Labute approximate surface area is 113 Å². The average Bonchev–Trinajstić information content (AvgIpc) is 3.15. The van der Waals surface area contributed by atoms with Crippen LogP contribution in [-0.4, -0.2) is 50.8 Å². The van der Waals surface area contributed by atoms with Gasteiger partial charge in [0.2, 0.25) is 0 Å². The van der Waals surface area contributed by atoms with Crippen LogP contribution in [0.3, 0.4) is 0 Å². The fraction of sp³-hybridized carbons (Fsp3) is 1.00. The first kappa shape index (κ1) is 15.9. The van der Waals surface area contributed by atoms with Gasteiger partial charge in [-0.1, -0.05) is 13.8 Å². The molecule has 0 saturated heterocycles. The monoisotopic (exact) mass is 256 g/mol. The highest BCUT2D eigenvalue weighted by molar-refractivity contribution is 4.85. The molecule has 1 saturated carbocycles. The molecule has 1 N–H and O–H groups in total. The van der Waals surface area contributed by atoms with Crippen LogP contribution < -0.4 is 5.32 Å². The van der Waals surface area contributed by atoms with Gasteiger partial charge in [-0.3, -0.25) is 4.90 Å². The van der Waals surface area contributed by atoms with E-state index in [0.717, 1.165) is 50.7 Å². The van der Waals surface area contributed by atoms with Crippen molar-refractivity contribution in [1.82, 2.24) is 10.2 Å². The van der Waals surface area contributed by atoms with E-state index in [0.29, 0.717) is 0 Å². The second kappa shape index (κ2) is 8.89. The molecule has 3 nitrogen and oxygen atoms in total. The van der Waals surface area contributed by atoms with E-state index in [1.807, 2.05) is 0 Å². The van der Waals surface area contributed by atoms with Crippen molar-refractivity contribution in [3.05, 3.63) is 0 Å². The molecule has 1 unspecified atom stereocenters. The van der Waals surface area contributed by atoms with E-state index >= 15 is 0 Å². The summed E-state index contributed by atoms with van der Waals surface area (Å²) in [6.07, 6.45) is 4.12. The van der Waals surface area contributed by atoms with Gasteiger partial charge in [-0.2, -0.15) is 0 Å². The van der Waals surface area contributed by atoms with E-state index in [4.69, 9.17) is 4.74 Å². The minimum absolute atomic E-state index is 0.729. The smallest absolute Gasteiger partial charge is 0.0589 e. The van der Waals surface area contributed by atoms with Crippen LogP contribution in [0.2, 0.25) is 0 Å². The molecule has 0 aromatic carbocycles. The third-order valence-electron chi connectivity index (χ3n) is 3.94. The Kier molecular flexibility index (Phi) is 7.87. The zero-order valence-corrected chi connectivity index (χ0v) is 12.7. The molecule has 0 radical (unpaired) electrons. The summed E-state index contributed by atoms with van der Waals surface area (Å²) >= 11 is 0. The van der Waals surface area contributed by atoms with Crippen LogP contribution in [-0.2, 0) is 4.74 Å². The molecule has 108 valence electrons. The molecule has 0 aliphatic heterocycles. The molecule has 0 bridgehead atoms. The van der Waals surface area contributed by atoms with Gasteiger partial charge in [-0.05, 0) is 44.6 Å². The maximum Gasteiger partial charge on any atom is 0.0589 e. The third-order valence-corrected chi connectivity index (χ3v) is 3.94. The number of nitrogens with one attached hydrogen (secondary N) is 1. The average molecular weight is 256 g/mol. The van der Waals surface area contributed by atoms with E-state index in [9.17, 15) is 0 Å². The fourth-order valence-electron chi connectivity index (χ4n) is 2.34. The Morgan fingerprint density at radius 1 is 1.17 bits per heavy atom. The van der Waals surface area contributed by atoms with E-state index < -0.39 is 0 Å². The predicted molar refractivity (Wildman–Crippen MR) is 78.0 cm³/mol. The Hall–Kier alpha value is -0.120. The summed E-state index contributed by atoms with van der Waals surface area (Å²) in [5.41, 5.74) is 0. The summed E-state index contributed by atoms with van der Waals surface area (Å²) in [7, 11) is 1.79. The van der Waals surface area contributed by atoms with Crippen molar-refractivity contribution in [2.75, 3.05) is 39.9 Å². The minimum atomic E-state index is 0.729. The van der Waals surface area contributed by atoms with Crippen LogP contribution in [0.15, 0.2) is 0 Å². The number of methoxy groups -OCH3 is 1. The SMILES string of the molecule is COCCN(CCNCCC(C)C)C(C)C1CC1. The summed E-state index contributed by atoms with van der Waals surface area (Å²) < 4.78 is 5.22. The van der Waals surface area contributed by atoms with Crippen LogP contribution in [0, 0.1) is 11.8 Å². The van der Waals surface area contributed by atoms with Crippen molar-refractivity contribution < 1.29 is 4.74 Å². The van der Waals surface area contributed by atoms with Gasteiger partial charge < -0.3 is 10.1 Å². The normalized spacial score (nSPS) is 17.7. The van der Waals surface area contributed by atoms with Crippen LogP contribution in [0.5, 0.6) is 0 Å². The maximum absolute atomic E-state index is 5.22. The second-order valence-corrected chi connectivity index (χ2v) is 6.04. The number of ether oxygens (including phenoxy) is 1. The zero-order valence-electron chi connectivity index (χ0n) is 12.7. The van der Waals surface area contributed by atoms with Crippen molar-refractivity contribution in [1.29, 1.82) is 0 Å². The Bertz CT molecular complexity index is 205. The molecule has 0 heterocycles. The maximum atomic E-state index is 5.22. The van der Waals surface area contributed by atoms with Gasteiger partial charge >= 0.3 is 0 Å². The summed E-state index contributed by atoms with van der Waals surface area (Å²) in [5, 5.41) is 3.56. The van der Waals surface area contributed by atoms with Crippen molar-refractivity contribution >= 4 is 0 Å². The quantitative estimate of drug-likeness (QED) is 0.574. The number of nitrogens with zero attached hydrogens (tertiary/aromatic N) is 1. The molecular formula is C15H32N2O. The number of hydrogen-bond acceptors (Lipinski definition) is 3. The largest absolute Gasteiger partial charge is 0.383 e. The van der Waals surface area contributed by atoms with Crippen LogP contribution in [0.1, 0.15) is 40.0 Å². The highest BCUT2D eigenvalue weighted by atomic mass is 16.5. The van der Waals surface area contributed by atoms with Crippen molar-refractivity contribution in [3.8, 4) is 0 Å². The van der Waals surface area contributed by atoms with E-state index in [1.54, 1.807) is 7.11 Å². The molecule has 1 rings (SSSR count). The highest BCUT2D eigenvalue weighted by Crippen LogP contribution is 2.34. The van der Waals surface area contributed by atoms with Gasteiger partial charge in [0.05, 0.1) is 6.61 Å². The highest BCUT2D eigenvalue weighted by Gasteiger charge is 2.31. The Morgan fingerprint density at radius 2 is 1.89 bits per heavy atom. The van der Waals surface area contributed by atoms with Crippen LogP contribution >= 0.6 is 0 Å². The molecule has 0 aromatic rings. The zero-order chi connectivity index (χ0) is 13.4. The summed E-state index contributed by atoms with van der Waals surface area (Å²) in [6.45, 7) is 12.3. The molecule has 0 spiro atoms. The molecule has 1 fully saturated rings. The molecule has 0 aromatic heterocycles. The predicted octanol–water partition coefficient (Wildman–Crippen LogP) is 2.37. The standard InChI is InChI=1S/C15H32N2O/c1-13(2)7-8-16-9-10-17(11-12-18-4)14(3)15-5-6-15/h13-16H,5-12H2,1-4H3. The van der Waals surface area contributed by atoms with Gasteiger partial charge in [0.25, 0.3) is 0 Å². The van der Waals surface area contributed by atoms with Crippen molar-refractivity contribution in [2.24, 2.45) is 11.8 Å². The first-order chi connectivity index (χ1) is 8.65. The lowest BCUT2D eigenvalue weighted by molar-refractivity contribution is 0.117. The van der Waals surface area contributed by atoms with Crippen LogP contribution in [0.4, 0.5) is 0 Å². The van der Waals surface area contributed by atoms with Gasteiger partial charge in [-0.15, -0.1) is 0 Å². The summed E-state index contributed by atoms with van der Waals surface area (Å²) in [6, 6.07) is 0.729. The van der Waals surface area contributed by atoms with Gasteiger partial charge in [0.1, 0.15) is 0 Å². The van der Waals surface area contributed by atoms with E-state index in [-0.39, 0.29) is 0 Å². The van der Waals surface area contributed by atoms with Gasteiger partial charge in [0, 0.05) is 32.8 Å². The number of hydrogen-bond donors (Lipinski definition) is 1. The summed E-state index contributed by atoms with van der Waals surface area (Å²) in [5.74, 6) is 1.74.